The Labute approximate surface area is 158 Å². The standard InChI is InChI=1S/C19H15ClF3N3O/c1-12-10-17(26(25-12)11-13-2-6-15(20)7-3-13)18(27)24-16-8-4-14(5-9-16)19(21,22)23/h2-10H,11H2,1H3,(H,24,27). The minimum Gasteiger partial charge on any atom is -0.321 e. The molecule has 0 saturated heterocycles. The van der Waals surface area contributed by atoms with Gasteiger partial charge < -0.3 is 5.32 Å². The molecule has 0 bridgehead atoms. The van der Waals surface area contributed by atoms with Crippen molar-refractivity contribution in [3.8, 4) is 0 Å². The van der Waals surface area contributed by atoms with Gasteiger partial charge in [0.05, 0.1) is 17.8 Å². The third kappa shape index (κ3) is 4.68. The van der Waals surface area contributed by atoms with Gasteiger partial charge in [-0.15, -0.1) is 0 Å². The zero-order chi connectivity index (χ0) is 19.6. The largest absolute Gasteiger partial charge is 0.416 e. The first-order valence-electron chi connectivity index (χ1n) is 8.00. The van der Waals surface area contributed by atoms with Crippen molar-refractivity contribution in [2.75, 3.05) is 5.32 Å². The molecule has 1 heterocycles. The van der Waals surface area contributed by atoms with Gasteiger partial charge in [0, 0.05) is 10.7 Å². The fourth-order valence-electron chi connectivity index (χ4n) is 2.55. The van der Waals surface area contributed by atoms with E-state index in [2.05, 4.69) is 10.4 Å². The molecule has 0 atom stereocenters. The van der Waals surface area contributed by atoms with Crippen molar-refractivity contribution in [2.24, 2.45) is 0 Å². The van der Waals surface area contributed by atoms with E-state index in [1.165, 1.54) is 16.8 Å². The third-order valence-electron chi connectivity index (χ3n) is 3.85. The van der Waals surface area contributed by atoms with Crippen LogP contribution in [0.4, 0.5) is 18.9 Å². The number of hydrogen-bond donors (Lipinski definition) is 1. The van der Waals surface area contributed by atoms with Crippen molar-refractivity contribution < 1.29 is 18.0 Å². The predicted molar refractivity (Wildman–Crippen MR) is 96.9 cm³/mol. The zero-order valence-electron chi connectivity index (χ0n) is 14.2. The van der Waals surface area contributed by atoms with Crippen molar-refractivity contribution >= 4 is 23.2 Å². The van der Waals surface area contributed by atoms with Crippen LogP contribution in [0.2, 0.25) is 5.02 Å². The topological polar surface area (TPSA) is 46.9 Å². The quantitative estimate of drug-likeness (QED) is 0.665. The summed E-state index contributed by atoms with van der Waals surface area (Å²) in [6, 6.07) is 13.0. The first-order chi connectivity index (χ1) is 12.7. The van der Waals surface area contributed by atoms with Crippen molar-refractivity contribution in [1.82, 2.24) is 9.78 Å². The van der Waals surface area contributed by atoms with Gasteiger partial charge in [-0.2, -0.15) is 18.3 Å². The van der Waals surface area contributed by atoms with Crippen LogP contribution in [0, 0.1) is 6.92 Å². The second-order valence-corrected chi connectivity index (χ2v) is 6.42. The molecular formula is C19H15ClF3N3O. The number of carbonyl (C=O) groups is 1. The van der Waals surface area contributed by atoms with E-state index in [-0.39, 0.29) is 5.69 Å². The first kappa shape index (κ1) is 19.0. The Hall–Kier alpha value is -2.80. The maximum atomic E-state index is 12.6. The number of nitrogens with zero attached hydrogens (tertiary/aromatic N) is 2. The molecule has 0 aliphatic rings. The summed E-state index contributed by atoms with van der Waals surface area (Å²) in [7, 11) is 0. The Morgan fingerprint density at radius 3 is 2.33 bits per heavy atom. The van der Waals surface area contributed by atoms with Crippen LogP contribution in [-0.4, -0.2) is 15.7 Å². The number of amides is 1. The van der Waals surface area contributed by atoms with Crippen LogP contribution in [0.5, 0.6) is 0 Å². The van der Waals surface area contributed by atoms with Crippen LogP contribution in [0.25, 0.3) is 0 Å². The van der Waals surface area contributed by atoms with Crippen molar-refractivity contribution in [1.29, 1.82) is 0 Å². The lowest BCUT2D eigenvalue weighted by Gasteiger charge is -2.10. The van der Waals surface area contributed by atoms with Gasteiger partial charge in [-0.25, -0.2) is 0 Å². The van der Waals surface area contributed by atoms with E-state index in [1.54, 1.807) is 25.1 Å². The molecule has 1 N–H and O–H groups in total. The van der Waals surface area contributed by atoms with Gasteiger partial charge in [-0.1, -0.05) is 23.7 Å². The summed E-state index contributed by atoms with van der Waals surface area (Å²) in [4.78, 5) is 12.6. The molecule has 8 heteroatoms. The van der Waals surface area contributed by atoms with Crippen molar-refractivity contribution in [3.63, 3.8) is 0 Å². The van der Waals surface area contributed by atoms with Gasteiger partial charge in [-0.05, 0) is 55.0 Å². The van der Waals surface area contributed by atoms with E-state index in [1.807, 2.05) is 12.1 Å². The highest BCUT2D eigenvalue weighted by atomic mass is 35.5. The van der Waals surface area contributed by atoms with Crippen LogP contribution in [0.3, 0.4) is 0 Å². The average molecular weight is 394 g/mol. The van der Waals surface area contributed by atoms with E-state index in [0.29, 0.717) is 23.0 Å². The van der Waals surface area contributed by atoms with Gasteiger partial charge in [0.15, 0.2) is 0 Å². The molecule has 0 unspecified atom stereocenters. The van der Waals surface area contributed by atoms with Crippen LogP contribution in [0.1, 0.15) is 27.3 Å². The molecule has 140 valence electrons. The van der Waals surface area contributed by atoms with Crippen LogP contribution >= 0.6 is 11.6 Å². The summed E-state index contributed by atoms with van der Waals surface area (Å²) in [6.45, 7) is 2.12. The summed E-state index contributed by atoms with van der Waals surface area (Å²) in [5.74, 6) is -0.454. The molecule has 0 fully saturated rings. The zero-order valence-corrected chi connectivity index (χ0v) is 15.0. The smallest absolute Gasteiger partial charge is 0.321 e. The monoisotopic (exact) mass is 393 g/mol. The van der Waals surface area contributed by atoms with Crippen LogP contribution < -0.4 is 5.32 Å². The summed E-state index contributed by atoms with van der Waals surface area (Å²) < 4.78 is 39.4. The summed E-state index contributed by atoms with van der Waals surface area (Å²) in [5, 5.41) is 7.52. The van der Waals surface area contributed by atoms with Gasteiger partial charge >= 0.3 is 6.18 Å². The molecule has 27 heavy (non-hydrogen) atoms. The molecular weight excluding hydrogens is 379 g/mol. The van der Waals surface area contributed by atoms with E-state index < -0.39 is 17.6 Å². The Balaban J connectivity index is 1.78. The molecule has 0 aliphatic carbocycles. The predicted octanol–water partition coefficient (Wildman–Crippen LogP) is 5.16. The molecule has 0 aliphatic heterocycles. The van der Waals surface area contributed by atoms with Gasteiger partial charge in [0.25, 0.3) is 5.91 Å². The molecule has 0 saturated carbocycles. The molecule has 2 aromatic carbocycles. The number of alkyl halides is 3. The van der Waals surface area contributed by atoms with E-state index in [4.69, 9.17) is 11.6 Å². The maximum absolute atomic E-state index is 12.6. The highest BCUT2D eigenvalue weighted by Crippen LogP contribution is 2.29. The Morgan fingerprint density at radius 1 is 1.11 bits per heavy atom. The van der Waals surface area contributed by atoms with Crippen LogP contribution in [0.15, 0.2) is 54.6 Å². The summed E-state index contributed by atoms with van der Waals surface area (Å²) in [6.07, 6.45) is -4.42. The number of aromatic nitrogens is 2. The van der Waals surface area contributed by atoms with Crippen LogP contribution in [-0.2, 0) is 12.7 Å². The average Bonchev–Trinajstić information content (AvgIpc) is 2.97. The Morgan fingerprint density at radius 2 is 1.74 bits per heavy atom. The molecule has 0 spiro atoms. The molecule has 3 rings (SSSR count). The second kappa shape index (κ2) is 7.44. The maximum Gasteiger partial charge on any atom is 0.416 e. The van der Waals surface area contributed by atoms with E-state index in [9.17, 15) is 18.0 Å². The van der Waals surface area contributed by atoms with E-state index in [0.717, 1.165) is 17.7 Å². The lowest BCUT2D eigenvalue weighted by atomic mass is 10.2. The normalized spacial score (nSPS) is 11.4. The van der Waals surface area contributed by atoms with E-state index >= 15 is 0 Å². The molecule has 1 aromatic heterocycles. The number of nitrogens with one attached hydrogen (secondary N) is 1. The third-order valence-corrected chi connectivity index (χ3v) is 4.10. The highest BCUT2D eigenvalue weighted by molar-refractivity contribution is 6.30. The Bertz CT molecular complexity index is 948. The van der Waals surface area contributed by atoms with Gasteiger partial charge in [0.2, 0.25) is 0 Å². The number of hydrogen-bond acceptors (Lipinski definition) is 2. The number of anilines is 1. The molecule has 3 aromatic rings. The van der Waals surface area contributed by atoms with Gasteiger partial charge in [-0.3, -0.25) is 9.48 Å². The molecule has 4 nitrogen and oxygen atoms in total. The van der Waals surface area contributed by atoms with Gasteiger partial charge in [0.1, 0.15) is 5.69 Å². The first-order valence-corrected chi connectivity index (χ1v) is 8.38. The lowest BCUT2D eigenvalue weighted by Crippen LogP contribution is -2.18. The Kier molecular flexibility index (Phi) is 5.23. The minimum atomic E-state index is -4.42. The number of rotatable bonds is 4. The fraction of sp³-hybridized carbons (Fsp3) is 0.158. The molecule has 0 radical (unpaired) electrons. The molecule has 1 amide bonds. The highest BCUT2D eigenvalue weighted by Gasteiger charge is 2.30. The second-order valence-electron chi connectivity index (χ2n) is 5.98. The summed E-state index contributed by atoms with van der Waals surface area (Å²) >= 11 is 5.87. The minimum absolute atomic E-state index is 0.268. The number of halogens is 4. The number of benzene rings is 2. The van der Waals surface area contributed by atoms with Crippen molar-refractivity contribution in [2.45, 2.75) is 19.6 Å². The fourth-order valence-corrected chi connectivity index (χ4v) is 2.68. The SMILES string of the molecule is Cc1cc(C(=O)Nc2ccc(C(F)(F)F)cc2)n(Cc2ccc(Cl)cc2)n1. The van der Waals surface area contributed by atoms with Crippen molar-refractivity contribution in [3.05, 3.63) is 82.1 Å². The number of aryl methyl sites for hydroxylation is 1. The lowest BCUT2D eigenvalue weighted by molar-refractivity contribution is -0.137. The summed E-state index contributed by atoms with van der Waals surface area (Å²) in [5.41, 5.74) is 1.36. The number of carbonyl (C=O) groups excluding carboxylic acids is 1.